The number of halogens is 1. The number of aryl methyl sites for hydroxylation is 1. The third kappa shape index (κ3) is 7.74. The van der Waals surface area contributed by atoms with Gasteiger partial charge in [-0.15, -0.1) is 6.42 Å². The zero-order valence-electron chi connectivity index (χ0n) is 22.5. The van der Waals surface area contributed by atoms with Gasteiger partial charge < -0.3 is 20.3 Å². The molecule has 0 aliphatic rings. The maximum absolute atomic E-state index is 13.9. The molecule has 0 aromatic heterocycles. The molecule has 200 valence electrons. The van der Waals surface area contributed by atoms with Crippen LogP contribution in [0.25, 0.3) is 0 Å². The molecule has 2 unspecified atom stereocenters. The molecule has 0 fully saturated rings. The summed E-state index contributed by atoms with van der Waals surface area (Å²) in [5, 5.41) is 15.4. The molecule has 0 aliphatic carbocycles. The first-order valence-electron chi connectivity index (χ1n) is 12.1. The number of benzene rings is 2. The van der Waals surface area contributed by atoms with E-state index >= 15 is 0 Å². The number of nitriles is 1. The first-order valence-corrected chi connectivity index (χ1v) is 12.5. The van der Waals surface area contributed by atoms with Crippen molar-refractivity contribution in [2.75, 3.05) is 11.9 Å². The van der Waals surface area contributed by atoms with Crippen LogP contribution in [0.3, 0.4) is 0 Å². The van der Waals surface area contributed by atoms with Gasteiger partial charge in [0.15, 0.2) is 0 Å². The highest BCUT2D eigenvalue weighted by Gasteiger charge is 2.38. The molecule has 3 amide bonds. The van der Waals surface area contributed by atoms with Crippen LogP contribution < -0.4 is 10.6 Å². The number of carbonyl (C=O) groups excluding carboxylic acids is 3. The van der Waals surface area contributed by atoms with Crippen molar-refractivity contribution in [3.8, 4) is 18.4 Å². The number of nitrogens with one attached hydrogen (secondary N) is 2. The first-order chi connectivity index (χ1) is 17.8. The first kappa shape index (κ1) is 30.2. The Morgan fingerprint density at radius 1 is 1.13 bits per heavy atom. The highest BCUT2D eigenvalue weighted by Crippen LogP contribution is 2.31. The highest BCUT2D eigenvalue weighted by molar-refractivity contribution is 6.34. The van der Waals surface area contributed by atoms with Crippen molar-refractivity contribution in [3.63, 3.8) is 0 Å². The minimum atomic E-state index is -1.30. The topological polar surface area (TPSA) is 112 Å². The number of carbonyl (C=O) groups is 3. The number of anilines is 1. The third-order valence-electron chi connectivity index (χ3n) is 5.57. The summed E-state index contributed by atoms with van der Waals surface area (Å²) in [4.78, 5) is 41.5. The molecule has 0 saturated heterocycles. The van der Waals surface area contributed by atoms with Gasteiger partial charge in [0.25, 0.3) is 5.91 Å². The lowest BCUT2D eigenvalue weighted by molar-refractivity contribution is -0.140. The van der Waals surface area contributed by atoms with Crippen molar-refractivity contribution in [2.45, 2.75) is 59.2 Å². The number of rotatable bonds is 8. The molecular weight excluding hydrogens is 504 g/mol. The molecular formula is C29H33ClN4O4. The maximum Gasteiger partial charge on any atom is 0.408 e. The second kappa shape index (κ2) is 13.0. The van der Waals surface area contributed by atoms with Gasteiger partial charge in [-0.2, -0.15) is 5.26 Å². The molecule has 8 nitrogen and oxygen atoms in total. The number of hydrogen-bond acceptors (Lipinski definition) is 5. The van der Waals surface area contributed by atoms with Crippen molar-refractivity contribution in [1.29, 1.82) is 5.26 Å². The minimum Gasteiger partial charge on any atom is -0.444 e. The van der Waals surface area contributed by atoms with Crippen LogP contribution in [-0.2, 0) is 14.3 Å². The van der Waals surface area contributed by atoms with E-state index < -0.39 is 48.1 Å². The number of ether oxygens (including phenoxy) is 1. The second-order valence-corrected chi connectivity index (χ2v) is 10.5. The number of amides is 3. The van der Waals surface area contributed by atoms with Gasteiger partial charge in [-0.1, -0.05) is 61.7 Å². The average molecular weight is 537 g/mol. The second-order valence-electron chi connectivity index (χ2n) is 10.0. The number of alkyl carbamates (subject to hydrolysis) is 1. The van der Waals surface area contributed by atoms with Gasteiger partial charge in [0.2, 0.25) is 5.91 Å². The Morgan fingerprint density at radius 2 is 1.79 bits per heavy atom. The predicted molar refractivity (Wildman–Crippen MR) is 147 cm³/mol. The molecule has 0 heterocycles. The molecule has 0 aliphatic heterocycles. The predicted octanol–water partition coefficient (Wildman–Crippen LogP) is 5.21. The van der Waals surface area contributed by atoms with Crippen LogP contribution >= 0.6 is 11.6 Å². The molecule has 0 spiro atoms. The van der Waals surface area contributed by atoms with Gasteiger partial charge in [0.1, 0.15) is 24.2 Å². The van der Waals surface area contributed by atoms with E-state index in [1.54, 1.807) is 84.0 Å². The van der Waals surface area contributed by atoms with Gasteiger partial charge in [-0.25, -0.2) is 4.79 Å². The van der Waals surface area contributed by atoms with E-state index in [9.17, 15) is 19.6 Å². The van der Waals surface area contributed by atoms with Crippen molar-refractivity contribution >= 4 is 35.2 Å². The van der Waals surface area contributed by atoms with Gasteiger partial charge in [-0.3, -0.25) is 9.59 Å². The molecule has 0 bridgehead atoms. The lowest BCUT2D eigenvalue weighted by atomic mass is 9.95. The third-order valence-corrected chi connectivity index (χ3v) is 5.89. The summed E-state index contributed by atoms with van der Waals surface area (Å²) in [5.41, 5.74) is 1.02. The normalized spacial score (nSPS) is 12.5. The SMILES string of the molecule is C#Cc1ccccc1C(C(=O)Nc1c(C)cccc1Cl)N(CC#N)C(=O)C(NC(=O)OC(C)(C)C)C(C)C. The summed E-state index contributed by atoms with van der Waals surface area (Å²) >= 11 is 6.35. The molecule has 2 atom stereocenters. The summed E-state index contributed by atoms with van der Waals surface area (Å²) in [6.07, 6.45) is 4.93. The zero-order valence-corrected chi connectivity index (χ0v) is 23.2. The van der Waals surface area contributed by atoms with E-state index in [0.717, 1.165) is 4.90 Å². The smallest absolute Gasteiger partial charge is 0.408 e. The molecule has 2 rings (SSSR count). The Bertz CT molecular complexity index is 1250. The Hall–Kier alpha value is -4.01. The quantitative estimate of drug-likeness (QED) is 0.355. The molecule has 0 radical (unpaired) electrons. The molecule has 2 N–H and O–H groups in total. The Kier molecular flexibility index (Phi) is 10.3. The Labute approximate surface area is 229 Å². The number of nitrogens with zero attached hydrogens (tertiary/aromatic N) is 2. The number of hydrogen-bond donors (Lipinski definition) is 2. The molecule has 2 aromatic carbocycles. The van der Waals surface area contributed by atoms with Crippen LogP contribution in [0, 0.1) is 36.5 Å². The van der Waals surface area contributed by atoms with Crippen LogP contribution in [0.4, 0.5) is 10.5 Å². The van der Waals surface area contributed by atoms with Gasteiger partial charge in [0.05, 0.1) is 16.8 Å². The van der Waals surface area contributed by atoms with Crippen LogP contribution in [0.15, 0.2) is 42.5 Å². The average Bonchev–Trinajstić information content (AvgIpc) is 2.83. The summed E-state index contributed by atoms with van der Waals surface area (Å²) in [6, 6.07) is 11.4. The largest absolute Gasteiger partial charge is 0.444 e. The van der Waals surface area contributed by atoms with E-state index in [4.69, 9.17) is 22.8 Å². The monoisotopic (exact) mass is 536 g/mol. The lowest BCUT2D eigenvalue weighted by Crippen LogP contribution is -2.54. The van der Waals surface area contributed by atoms with E-state index in [2.05, 4.69) is 16.6 Å². The van der Waals surface area contributed by atoms with Crippen LogP contribution in [-0.4, -0.2) is 41.0 Å². The Morgan fingerprint density at radius 3 is 2.34 bits per heavy atom. The van der Waals surface area contributed by atoms with E-state index in [1.807, 2.05) is 6.07 Å². The number of para-hydroxylation sites is 1. The standard InChI is InChI=1S/C29H33ClN4O4/c1-8-20-13-9-10-14-21(20)25(26(35)32-24-19(4)12-11-15-22(24)30)34(17-16-31)27(36)23(18(2)3)33-28(37)38-29(5,6)7/h1,9-15,18,23,25H,17H2,2-7H3,(H,32,35)(H,33,37). The highest BCUT2D eigenvalue weighted by atomic mass is 35.5. The molecule has 9 heteroatoms. The van der Waals surface area contributed by atoms with Crippen molar-refractivity contribution < 1.29 is 19.1 Å². The van der Waals surface area contributed by atoms with Gasteiger partial charge in [0, 0.05) is 5.56 Å². The molecule has 0 saturated carbocycles. The summed E-state index contributed by atoms with van der Waals surface area (Å²) < 4.78 is 5.34. The van der Waals surface area contributed by atoms with Crippen LogP contribution in [0.1, 0.15) is 57.4 Å². The molecule has 2 aromatic rings. The van der Waals surface area contributed by atoms with Gasteiger partial charge >= 0.3 is 6.09 Å². The van der Waals surface area contributed by atoms with Crippen molar-refractivity contribution in [1.82, 2.24) is 10.2 Å². The van der Waals surface area contributed by atoms with E-state index in [1.165, 1.54) is 0 Å². The van der Waals surface area contributed by atoms with E-state index in [-0.39, 0.29) is 0 Å². The Balaban J connectivity index is 2.61. The summed E-state index contributed by atoms with van der Waals surface area (Å²) in [5.74, 6) is 0.890. The summed E-state index contributed by atoms with van der Waals surface area (Å²) in [7, 11) is 0. The maximum atomic E-state index is 13.9. The van der Waals surface area contributed by atoms with E-state index in [0.29, 0.717) is 27.4 Å². The molecule has 38 heavy (non-hydrogen) atoms. The van der Waals surface area contributed by atoms with Crippen molar-refractivity contribution in [2.24, 2.45) is 5.92 Å². The zero-order chi connectivity index (χ0) is 28.6. The fraction of sp³-hybridized carbons (Fsp3) is 0.379. The summed E-state index contributed by atoms with van der Waals surface area (Å²) in [6.45, 7) is 9.92. The fourth-order valence-electron chi connectivity index (χ4n) is 3.80. The number of terminal acetylenes is 1. The minimum absolute atomic E-state index is 0.312. The van der Waals surface area contributed by atoms with Crippen LogP contribution in [0.5, 0.6) is 0 Å². The lowest BCUT2D eigenvalue weighted by Gasteiger charge is -2.34. The van der Waals surface area contributed by atoms with Crippen LogP contribution in [0.2, 0.25) is 5.02 Å². The van der Waals surface area contributed by atoms with Gasteiger partial charge in [-0.05, 0) is 56.9 Å². The fourth-order valence-corrected chi connectivity index (χ4v) is 4.07. The van der Waals surface area contributed by atoms with Crippen molar-refractivity contribution in [3.05, 3.63) is 64.2 Å².